The van der Waals surface area contributed by atoms with E-state index in [-0.39, 0.29) is 34.7 Å². The number of rotatable bonds is 6. The van der Waals surface area contributed by atoms with Gasteiger partial charge in [-0.05, 0) is 55.5 Å². The van der Waals surface area contributed by atoms with Crippen molar-refractivity contribution in [3.63, 3.8) is 0 Å². The van der Waals surface area contributed by atoms with Gasteiger partial charge in [-0.15, -0.1) is 0 Å². The van der Waals surface area contributed by atoms with Crippen molar-refractivity contribution < 1.29 is 37.0 Å². The van der Waals surface area contributed by atoms with Crippen LogP contribution < -0.4 is 15.8 Å². The predicted molar refractivity (Wildman–Crippen MR) is 133 cm³/mol. The number of carbonyl (C=O) groups is 2. The summed E-state index contributed by atoms with van der Waals surface area (Å²) < 4.78 is 62.7. The molecule has 5 rings (SSSR count). The monoisotopic (exact) mass is 555 g/mol. The molecular weight excluding hydrogens is 534 g/mol. The highest BCUT2D eigenvalue weighted by molar-refractivity contribution is 5.96. The molecule has 206 valence electrons. The lowest BCUT2D eigenvalue weighted by Gasteiger charge is -2.31. The van der Waals surface area contributed by atoms with E-state index in [1.165, 1.54) is 31.3 Å². The maximum absolute atomic E-state index is 14.5. The lowest BCUT2D eigenvalue weighted by Crippen LogP contribution is -2.51. The Labute approximate surface area is 224 Å². The lowest BCUT2D eigenvalue weighted by molar-refractivity contribution is -0.265. The molecule has 13 heteroatoms. The van der Waals surface area contributed by atoms with Crippen molar-refractivity contribution in [1.29, 1.82) is 0 Å². The number of fused-ring (bicyclic) bond motifs is 2. The third kappa shape index (κ3) is 4.47. The molecule has 4 aromatic rings. The number of halogens is 4. The molecule has 0 saturated carbocycles. The number of alkyl halides is 3. The van der Waals surface area contributed by atoms with Crippen LogP contribution in [-0.2, 0) is 15.8 Å². The smallest absolute Gasteiger partial charge is 0.424 e. The van der Waals surface area contributed by atoms with Gasteiger partial charge >= 0.3 is 6.18 Å². The van der Waals surface area contributed by atoms with Crippen LogP contribution in [-0.4, -0.2) is 51.2 Å². The number of pyridine rings is 3. The van der Waals surface area contributed by atoms with E-state index in [4.69, 9.17) is 10.5 Å². The van der Waals surface area contributed by atoms with Crippen molar-refractivity contribution in [1.82, 2.24) is 20.3 Å². The molecule has 0 saturated heterocycles. The number of aliphatic hydroxyl groups is 1. The van der Waals surface area contributed by atoms with Gasteiger partial charge in [0.2, 0.25) is 11.5 Å². The van der Waals surface area contributed by atoms with Crippen LogP contribution in [0, 0.1) is 5.82 Å². The van der Waals surface area contributed by atoms with Crippen LogP contribution in [0.25, 0.3) is 22.3 Å². The molecule has 2 atom stereocenters. The molecule has 2 amide bonds. The number of primary amides is 1. The summed E-state index contributed by atoms with van der Waals surface area (Å²) in [6.45, 7) is -0.236. The molecule has 40 heavy (non-hydrogen) atoms. The minimum Gasteiger partial charge on any atom is -0.489 e. The van der Waals surface area contributed by atoms with Gasteiger partial charge in [0.05, 0.1) is 17.8 Å². The first-order valence-electron chi connectivity index (χ1n) is 11.9. The molecule has 1 aliphatic heterocycles. The maximum atomic E-state index is 14.5. The number of nitrogens with zero attached hydrogens (tertiary/aromatic N) is 3. The fraction of sp³-hybridized carbons (Fsp3) is 0.222. The second-order valence-corrected chi connectivity index (χ2v) is 9.54. The summed E-state index contributed by atoms with van der Waals surface area (Å²) in [5.41, 5.74) is -0.388. The molecule has 0 radical (unpaired) electrons. The highest BCUT2D eigenvalue weighted by Gasteiger charge is 2.57. The molecule has 1 aliphatic rings. The van der Waals surface area contributed by atoms with Crippen LogP contribution in [0.3, 0.4) is 0 Å². The fourth-order valence-corrected chi connectivity index (χ4v) is 4.34. The zero-order valence-electron chi connectivity index (χ0n) is 20.8. The largest absolute Gasteiger partial charge is 0.489 e. The Morgan fingerprint density at radius 2 is 1.88 bits per heavy atom. The highest BCUT2D eigenvalue weighted by Crippen LogP contribution is 2.47. The molecular formula is C27H21F4N5O4. The van der Waals surface area contributed by atoms with Crippen LogP contribution in [0.2, 0.25) is 0 Å². The predicted octanol–water partition coefficient (Wildman–Crippen LogP) is 3.15. The first-order chi connectivity index (χ1) is 18.8. The van der Waals surface area contributed by atoms with Crippen LogP contribution in [0.1, 0.15) is 28.5 Å². The SMILES string of the molecule is C[C@]1(C(N)=O)COc2c1cc([C@@](O)(CNC(=O)c1cnc3ncccc3c1)C(F)(F)F)nc2-c1ccc(F)cc1. The van der Waals surface area contributed by atoms with Gasteiger partial charge in [-0.25, -0.2) is 19.3 Å². The van der Waals surface area contributed by atoms with E-state index in [1.54, 1.807) is 12.1 Å². The van der Waals surface area contributed by atoms with Crippen molar-refractivity contribution in [2.45, 2.75) is 24.1 Å². The molecule has 0 aliphatic carbocycles. The highest BCUT2D eigenvalue weighted by atomic mass is 19.4. The van der Waals surface area contributed by atoms with Gasteiger partial charge in [-0.2, -0.15) is 13.2 Å². The number of carbonyl (C=O) groups excluding carboxylic acids is 2. The van der Waals surface area contributed by atoms with Crippen molar-refractivity contribution in [2.75, 3.05) is 13.2 Å². The van der Waals surface area contributed by atoms with Gasteiger partial charge in [0.1, 0.15) is 29.3 Å². The summed E-state index contributed by atoms with van der Waals surface area (Å²) in [6.07, 6.45) is -2.69. The zero-order valence-corrected chi connectivity index (χ0v) is 20.8. The number of nitrogens with two attached hydrogens (primary N) is 1. The van der Waals surface area contributed by atoms with Crippen molar-refractivity contribution in [3.8, 4) is 17.0 Å². The van der Waals surface area contributed by atoms with Crippen molar-refractivity contribution in [3.05, 3.63) is 83.6 Å². The van der Waals surface area contributed by atoms with Crippen LogP contribution in [0.4, 0.5) is 17.6 Å². The first-order valence-corrected chi connectivity index (χ1v) is 11.9. The Hall–Kier alpha value is -4.65. The molecule has 4 N–H and O–H groups in total. The normalized spacial score (nSPS) is 18.1. The number of aromatic nitrogens is 3. The minimum atomic E-state index is -5.34. The number of ether oxygens (including phenoxy) is 1. The minimum absolute atomic E-state index is 0.0268. The van der Waals surface area contributed by atoms with Gasteiger partial charge in [0.15, 0.2) is 5.65 Å². The Kier molecular flexibility index (Phi) is 6.41. The molecule has 0 unspecified atom stereocenters. The van der Waals surface area contributed by atoms with Gasteiger partial charge < -0.3 is 20.9 Å². The third-order valence-corrected chi connectivity index (χ3v) is 6.85. The second kappa shape index (κ2) is 9.52. The van der Waals surface area contributed by atoms with E-state index in [9.17, 15) is 32.3 Å². The van der Waals surface area contributed by atoms with E-state index < -0.39 is 47.1 Å². The van der Waals surface area contributed by atoms with Crippen LogP contribution >= 0.6 is 0 Å². The number of benzene rings is 1. The van der Waals surface area contributed by atoms with E-state index in [1.807, 2.05) is 0 Å². The lowest BCUT2D eigenvalue weighted by atomic mass is 9.81. The Morgan fingerprint density at radius 3 is 2.55 bits per heavy atom. The molecule has 0 fully saturated rings. The first kappa shape index (κ1) is 26.9. The Bertz CT molecular complexity index is 1650. The second-order valence-electron chi connectivity index (χ2n) is 9.54. The number of nitrogens with one attached hydrogen (secondary N) is 1. The summed E-state index contributed by atoms with van der Waals surface area (Å²) in [5, 5.41) is 13.7. The summed E-state index contributed by atoms with van der Waals surface area (Å²) in [6, 6.07) is 10.2. The van der Waals surface area contributed by atoms with E-state index in [0.29, 0.717) is 11.0 Å². The topological polar surface area (TPSA) is 140 Å². The maximum Gasteiger partial charge on any atom is 0.424 e. The number of amides is 2. The fourth-order valence-electron chi connectivity index (χ4n) is 4.34. The molecule has 3 aromatic heterocycles. The summed E-state index contributed by atoms with van der Waals surface area (Å²) in [4.78, 5) is 37.2. The standard InChI is InChI=1S/C27H21F4N5O4/c1-25(24(32)38)13-40-21-18(25)10-19(36-20(21)14-4-6-17(28)7-5-14)26(39,27(29,30)31)12-35-23(37)16-9-15-3-2-8-33-22(15)34-11-16/h2-11,39H,12-13H2,1H3,(H2,32,38)(H,35,37)/t25-,26-/m0/s1. The van der Waals surface area contributed by atoms with Crippen LogP contribution in [0.5, 0.6) is 5.75 Å². The number of hydrogen-bond acceptors (Lipinski definition) is 7. The molecule has 9 nitrogen and oxygen atoms in total. The molecule has 0 spiro atoms. The van der Waals surface area contributed by atoms with Gasteiger partial charge in [0, 0.05) is 28.9 Å². The van der Waals surface area contributed by atoms with Gasteiger partial charge in [0.25, 0.3) is 5.91 Å². The Morgan fingerprint density at radius 1 is 1.15 bits per heavy atom. The quantitative estimate of drug-likeness (QED) is 0.311. The summed E-state index contributed by atoms with van der Waals surface area (Å²) >= 11 is 0. The van der Waals surface area contributed by atoms with Gasteiger partial charge in [-0.3, -0.25) is 9.59 Å². The zero-order chi connectivity index (χ0) is 28.9. The van der Waals surface area contributed by atoms with E-state index in [2.05, 4.69) is 20.3 Å². The van der Waals surface area contributed by atoms with Crippen molar-refractivity contribution in [2.24, 2.45) is 5.73 Å². The number of hydrogen-bond donors (Lipinski definition) is 3. The van der Waals surface area contributed by atoms with E-state index in [0.717, 1.165) is 24.4 Å². The summed E-state index contributed by atoms with van der Waals surface area (Å²) in [7, 11) is 0. The van der Waals surface area contributed by atoms with E-state index >= 15 is 0 Å². The van der Waals surface area contributed by atoms with Crippen LogP contribution in [0.15, 0.2) is 60.9 Å². The summed E-state index contributed by atoms with van der Waals surface area (Å²) in [5.74, 6) is -2.45. The molecule has 1 aromatic carbocycles. The van der Waals surface area contributed by atoms with Crippen molar-refractivity contribution >= 4 is 22.8 Å². The average molecular weight is 555 g/mol. The molecule has 0 bridgehead atoms. The average Bonchev–Trinajstić information content (AvgIpc) is 3.28. The van der Waals surface area contributed by atoms with Gasteiger partial charge in [-0.1, -0.05) is 0 Å². The Balaban J connectivity index is 1.58. The molecule has 4 heterocycles. The third-order valence-electron chi connectivity index (χ3n) is 6.85.